The minimum absolute atomic E-state index is 0.0614. The average molecular weight is 543 g/mol. The molecule has 0 radical (unpaired) electrons. The molecule has 0 fully saturated rings. The second-order valence-corrected chi connectivity index (χ2v) is 6.97. The molecule has 0 atom stereocenters. The number of hydrogen-bond acceptors (Lipinski definition) is 1. The summed E-state index contributed by atoms with van der Waals surface area (Å²) in [5.41, 5.74) is -8.46. The number of benzene rings is 3. The molecule has 0 amide bonds. The molecule has 0 aliphatic heterocycles. The van der Waals surface area contributed by atoms with Gasteiger partial charge in [0.25, 0.3) is 0 Å². The van der Waals surface area contributed by atoms with E-state index in [1.807, 2.05) is 0 Å². The molecular weight excluding hydrogens is 540 g/mol. The van der Waals surface area contributed by atoms with E-state index in [1.54, 1.807) is 0 Å². The Labute approximate surface area is 188 Å². The second kappa shape index (κ2) is 8.94. The minimum atomic E-state index is -5.90. The Morgan fingerprint density at radius 1 is 0.306 bits per heavy atom. The highest BCUT2D eigenvalue weighted by molar-refractivity contribution is 7.07. The van der Waals surface area contributed by atoms with Gasteiger partial charge in [0.1, 0.15) is 34.9 Å². The molecule has 1 nitrogen and oxygen atoms in total. The number of halogens is 15. The average Bonchev–Trinajstić information content (AvgIpc) is 2.85. The van der Waals surface area contributed by atoms with E-state index < -0.39 is 110 Å². The summed E-state index contributed by atoms with van der Waals surface area (Å²) in [4.78, 5) is 0. The first kappa shape index (κ1) is 27.2. The standard InChI is InChI=1S/C19H3BF15O/c1-36-20(2-5(21)11(27)17(33)12(28)6(2)22,3-7(23)13(29)18(34)14(30)8(3)24)4-9(25)15(31)19(35)16(32)10(4)26/h1H3/q-1. The first-order valence-corrected chi connectivity index (χ1v) is 8.84. The zero-order valence-corrected chi connectivity index (χ0v) is 16.7. The molecular formula is C19H3BF15O-. The summed E-state index contributed by atoms with van der Waals surface area (Å²) >= 11 is 0. The van der Waals surface area contributed by atoms with Crippen LogP contribution in [0, 0.1) is 87.3 Å². The van der Waals surface area contributed by atoms with Crippen LogP contribution in [0.25, 0.3) is 0 Å². The van der Waals surface area contributed by atoms with Gasteiger partial charge in [0, 0.05) is 0 Å². The maximum absolute atomic E-state index is 14.7. The highest BCUT2D eigenvalue weighted by Gasteiger charge is 2.48. The van der Waals surface area contributed by atoms with Crippen LogP contribution in [-0.2, 0) is 4.65 Å². The molecule has 17 heteroatoms. The van der Waals surface area contributed by atoms with Crippen molar-refractivity contribution in [3.63, 3.8) is 0 Å². The zero-order chi connectivity index (χ0) is 27.6. The van der Waals surface area contributed by atoms with Crippen LogP contribution in [0.5, 0.6) is 0 Å². The van der Waals surface area contributed by atoms with Crippen molar-refractivity contribution < 1.29 is 70.5 Å². The Morgan fingerprint density at radius 2 is 0.444 bits per heavy atom. The molecule has 0 heterocycles. The third-order valence-corrected chi connectivity index (χ3v) is 5.30. The summed E-state index contributed by atoms with van der Waals surface area (Å²) in [6.45, 7) is 0. The highest BCUT2D eigenvalue weighted by Crippen LogP contribution is 2.28. The lowest BCUT2D eigenvalue weighted by Crippen LogP contribution is -2.74. The lowest BCUT2D eigenvalue weighted by Gasteiger charge is -2.43. The molecule has 3 rings (SSSR count). The van der Waals surface area contributed by atoms with Gasteiger partial charge < -0.3 is 4.65 Å². The fourth-order valence-corrected chi connectivity index (χ4v) is 3.72. The van der Waals surface area contributed by atoms with Gasteiger partial charge in [-0.25, -0.2) is 65.9 Å². The van der Waals surface area contributed by atoms with Gasteiger partial charge in [-0.15, -0.1) is 0 Å². The van der Waals surface area contributed by atoms with Crippen molar-refractivity contribution in [1.82, 2.24) is 0 Å². The van der Waals surface area contributed by atoms with Gasteiger partial charge in [-0.1, -0.05) is 16.4 Å². The molecule has 0 N–H and O–H groups in total. The van der Waals surface area contributed by atoms with Crippen LogP contribution in [0.2, 0.25) is 0 Å². The quantitative estimate of drug-likeness (QED) is 0.206. The summed E-state index contributed by atoms with van der Waals surface area (Å²) in [7, 11) is -0.0614. The molecule has 0 aliphatic carbocycles. The monoisotopic (exact) mass is 543 g/mol. The molecule has 194 valence electrons. The van der Waals surface area contributed by atoms with E-state index in [2.05, 4.69) is 4.65 Å². The van der Waals surface area contributed by atoms with Crippen molar-refractivity contribution in [1.29, 1.82) is 0 Å². The number of rotatable bonds is 4. The summed E-state index contributed by atoms with van der Waals surface area (Å²) in [5.74, 6) is -46.3. The van der Waals surface area contributed by atoms with E-state index in [4.69, 9.17) is 0 Å². The molecule has 0 bridgehead atoms. The lowest BCUT2D eigenvalue weighted by molar-refractivity contribution is 0.363. The van der Waals surface area contributed by atoms with Crippen LogP contribution < -0.4 is 16.4 Å². The first-order chi connectivity index (χ1) is 16.6. The van der Waals surface area contributed by atoms with Gasteiger partial charge in [-0.05, 0) is 7.11 Å². The van der Waals surface area contributed by atoms with Crippen LogP contribution >= 0.6 is 0 Å². The Kier molecular flexibility index (Phi) is 6.76. The smallest absolute Gasteiger partial charge is 0.216 e. The molecule has 0 saturated heterocycles. The van der Waals surface area contributed by atoms with Crippen molar-refractivity contribution in [2.45, 2.75) is 0 Å². The number of hydrogen-bond donors (Lipinski definition) is 0. The summed E-state index contributed by atoms with van der Waals surface area (Å²) in [5, 5.41) is 0. The molecule has 3 aromatic rings. The van der Waals surface area contributed by atoms with Crippen molar-refractivity contribution in [2.75, 3.05) is 7.11 Å². The normalized spacial score (nSPS) is 12.0. The Morgan fingerprint density at radius 3 is 0.583 bits per heavy atom. The first-order valence-electron chi connectivity index (χ1n) is 8.84. The van der Waals surface area contributed by atoms with E-state index in [0.29, 0.717) is 0 Å². The van der Waals surface area contributed by atoms with Crippen LogP contribution in [0.4, 0.5) is 65.9 Å². The van der Waals surface area contributed by atoms with Crippen molar-refractivity contribution in [2.24, 2.45) is 0 Å². The van der Waals surface area contributed by atoms with Gasteiger partial charge in [0.05, 0.1) is 0 Å². The zero-order valence-electron chi connectivity index (χ0n) is 16.7. The van der Waals surface area contributed by atoms with Crippen molar-refractivity contribution >= 4 is 22.7 Å². The third-order valence-electron chi connectivity index (χ3n) is 5.30. The Hall–Kier alpha value is -3.37. The van der Waals surface area contributed by atoms with Gasteiger partial charge in [-0.3, -0.25) is 0 Å². The summed E-state index contributed by atoms with van der Waals surface area (Å²) < 4.78 is 217. The third kappa shape index (κ3) is 3.35. The lowest BCUT2D eigenvalue weighted by atomic mass is 9.27. The van der Waals surface area contributed by atoms with Gasteiger partial charge in [-0.2, -0.15) is 0 Å². The van der Waals surface area contributed by atoms with Gasteiger partial charge in [0.2, 0.25) is 6.35 Å². The van der Waals surface area contributed by atoms with Crippen molar-refractivity contribution in [3.05, 3.63) is 87.3 Å². The molecule has 0 aliphatic rings. The summed E-state index contributed by atoms with van der Waals surface area (Å²) in [6.07, 6.45) is -5.90. The molecule has 0 aromatic heterocycles. The molecule has 36 heavy (non-hydrogen) atoms. The topological polar surface area (TPSA) is 9.23 Å². The predicted molar refractivity (Wildman–Crippen MR) is 90.4 cm³/mol. The molecule has 3 aromatic carbocycles. The maximum atomic E-state index is 14.7. The molecule has 0 spiro atoms. The Balaban J connectivity index is 2.84. The highest BCUT2D eigenvalue weighted by atomic mass is 19.2. The summed E-state index contributed by atoms with van der Waals surface area (Å²) in [6, 6.07) is 0. The van der Waals surface area contributed by atoms with E-state index in [-0.39, 0.29) is 7.11 Å². The van der Waals surface area contributed by atoms with Crippen LogP contribution in [0.15, 0.2) is 0 Å². The van der Waals surface area contributed by atoms with E-state index in [0.717, 1.165) is 0 Å². The minimum Gasteiger partial charge on any atom is -0.581 e. The largest absolute Gasteiger partial charge is 0.581 e. The van der Waals surface area contributed by atoms with E-state index in [1.165, 1.54) is 0 Å². The molecule has 0 unspecified atom stereocenters. The fraction of sp³-hybridized carbons (Fsp3) is 0.0526. The van der Waals surface area contributed by atoms with Crippen LogP contribution in [-0.4, -0.2) is 13.5 Å². The molecule has 0 saturated carbocycles. The van der Waals surface area contributed by atoms with E-state index >= 15 is 0 Å². The van der Waals surface area contributed by atoms with Crippen molar-refractivity contribution in [3.8, 4) is 0 Å². The SMILES string of the molecule is CO[B-](c1c(F)c(F)c(F)c(F)c1F)(c1c(F)c(F)c(F)c(F)c1F)c1c(F)c(F)c(F)c(F)c1F. The van der Waals surface area contributed by atoms with Crippen LogP contribution in [0.3, 0.4) is 0 Å². The Bertz CT molecular complexity index is 1180. The van der Waals surface area contributed by atoms with Gasteiger partial charge >= 0.3 is 0 Å². The predicted octanol–water partition coefficient (Wildman–Crippen LogP) is 4.39. The maximum Gasteiger partial charge on any atom is 0.216 e. The van der Waals surface area contributed by atoms with Crippen LogP contribution in [0.1, 0.15) is 0 Å². The second-order valence-electron chi connectivity index (χ2n) is 6.97. The van der Waals surface area contributed by atoms with Gasteiger partial charge in [0.15, 0.2) is 52.4 Å². The fourth-order valence-electron chi connectivity index (χ4n) is 3.72. The van der Waals surface area contributed by atoms with E-state index in [9.17, 15) is 65.9 Å².